The summed E-state index contributed by atoms with van der Waals surface area (Å²) in [4.78, 5) is 0. The molecule has 2 nitrogen and oxygen atoms in total. The van der Waals surface area contributed by atoms with Gasteiger partial charge >= 0.3 is 30.2 Å². The molecule has 6 aromatic carbocycles. The number of hydrogen-bond donors (Lipinski definition) is 2. The van der Waals surface area contributed by atoms with Gasteiger partial charge in [0.25, 0.3) is 0 Å². The van der Waals surface area contributed by atoms with E-state index in [1.807, 2.05) is 64.1 Å². The SMILES string of the molecule is CCc1cc2c(C(C)C)cccc2[cH-]1.CCc1cc2c(C(C)C)cccc2[cH-]1.Cc1cccc(C)c1O.Cc1cccc(C)c1O.[CH3-].[CH3-].[Si]=[Zr]. The Morgan fingerprint density at radius 3 is 1.06 bits per heavy atom. The van der Waals surface area contributed by atoms with Crippen LogP contribution in [0.25, 0.3) is 21.5 Å². The number of hydrogen-bond acceptors (Lipinski definition) is 2. The van der Waals surface area contributed by atoms with Gasteiger partial charge in [-0.3, -0.25) is 0 Å². The Morgan fingerprint density at radius 2 is 0.820 bits per heavy atom. The molecule has 0 saturated carbocycles. The summed E-state index contributed by atoms with van der Waals surface area (Å²) in [6, 6.07) is 34.0. The summed E-state index contributed by atoms with van der Waals surface area (Å²) in [5, 5.41) is 24.1. The van der Waals surface area contributed by atoms with E-state index in [1.54, 1.807) is 0 Å². The molecule has 2 radical (unpaired) electrons. The van der Waals surface area contributed by atoms with Crippen molar-refractivity contribution in [2.75, 3.05) is 0 Å². The Kier molecular flexibility index (Phi) is 21.8. The Morgan fingerprint density at radius 1 is 0.540 bits per heavy atom. The Bertz CT molecular complexity index is 1680. The van der Waals surface area contributed by atoms with Crippen molar-refractivity contribution in [1.29, 1.82) is 0 Å². The molecule has 6 aromatic rings. The van der Waals surface area contributed by atoms with Crippen LogP contribution in [-0.2, 0) is 36.2 Å². The van der Waals surface area contributed by atoms with Gasteiger partial charge in [0, 0.05) is 0 Å². The molecule has 50 heavy (non-hydrogen) atoms. The van der Waals surface area contributed by atoms with E-state index in [0.717, 1.165) is 35.1 Å². The molecule has 6 rings (SSSR count). The van der Waals surface area contributed by atoms with Gasteiger partial charge in [0.05, 0.1) is 0 Å². The molecule has 0 unspecified atom stereocenters. The van der Waals surface area contributed by atoms with Gasteiger partial charge in [0.15, 0.2) is 0 Å². The third kappa shape index (κ3) is 13.2. The number of fused-ring (bicyclic) bond motifs is 2. The zero-order chi connectivity index (χ0) is 36.0. The first-order valence-corrected chi connectivity index (χ1v) is 21.2. The summed E-state index contributed by atoms with van der Waals surface area (Å²) < 4.78 is 0. The molecule has 0 heterocycles. The van der Waals surface area contributed by atoms with E-state index >= 15 is 0 Å². The maximum atomic E-state index is 9.21. The second-order valence-corrected chi connectivity index (χ2v) is 12.9. The van der Waals surface area contributed by atoms with E-state index in [-0.39, 0.29) is 14.9 Å². The van der Waals surface area contributed by atoms with Crippen LogP contribution in [0.15, 0.2) is 97.1 Å². The molecule has 0 aliphatic heterocycles. The minimum absolute atomic E-state index is 0. The Balaban J connectivity index is 0.000000634. The van der Waals surface area contributed by atoms with Crippen LogP contribution in [0.3, 0.4) is 0 Å². The predicted octanol–water partition coefficient (Wildman–Crippen LogP) is 13.0. The standard InChI is InChI=1S/2C14H17.2C8H10O.2CH3.Si.Zr/c2*1-4-11-8-12-6-5-7-13(10(2)3)14(12)9-11;2*1-6-4-3-5-7(2)8(6)9;;;;/h2*5-10H,4H2,1-3H3;2*3-5,9H,1-2H3;2*1H3;;/q2*-1;;;2*-1;;. The molecule has 0 aliphatic rings. The average Bonchev–Trinajstić information content (AvgIpc) is 3.72. The van der Waals surface area contributed by atoms with Gasteiger partial charge in [-0.2, -0.15) is 12.1 Å². The fourth-order valence-corrected chi connectivity index (χ4v) is 5.67. The van der Waals surface area contributed by atoms with E-state index in [2.05, 4.69) is 109 Å². The van der Waals surface area contributed by atoms with Gasteiger partial charge in [0.1, 0.15) is 11.5 Å². The van der Waals surface area contributed by atoms with Crippen LogP contribution < -0.4 is 0 Å². The second-order valence-electron chi connectivity index (χ2n) is 12.9. The van der Waals surface area contributed by atoms with Crippen molar-refractivity contribution in [3.05, 3.63) is 156 Å². The summed E-state index contributed by atoms with van der Waals surface area (Å²) in [6.45, 7) is 24.1. The zero-order valence-corrected chi connectivity index (χ0v) is 36.2. The van der Waals surface area contributed by atoms with Crippen molar-refractivity contribution in [1.82, 2.24) is 0 Å². The minimum atomic E-state index is 0. The van der Waals surface area contributed by atoms with E-state index in [4.69, 9.17) is 0 Å². The number of para-hydroxylation sites is 2. The van der Waals surface area contributed by atoms with Gasteiger partial charge in [-0.1, -0.05) is 101 Å². The third-order valence-corrected chi connectivity index (χ3v) is 8.63. The third-order valence-electron chi connectivity index (χ3n) is 8.63. The van der Waals surface area contributed by atoms with Gasteiger partial charge in [-0.15, -0.1) is 69.1 Å². The second kappa shape index (κ2) is 23.3. The topological polar surface area (TPSA) is 40.5 Å². The van der Waals surface area contributed by atoms with Crippen LogP contribution in [0.1, 0.15) is 97.9 Å². The molecule has 0 spiro atoms. The Labute approximate surface area is 321 Å². The van der Waals surface area contributed by atoms with Crippen LogP contribution in [0.2, 0.25) is 0 Å². The summed E-state index contributed by atoms with van der Waals surface area (Å²) in [5.41, 5.74) is 9.61. The molecule has 0 aromatic heterocycles. The molecule has 0 atom stereocenters. The first-order valence-electron chi connectivity index (χ1n) is 17.0. The van der Waals surface area contributed by atoms with Crippen LogP contribution in [0.4, 0.5) is 0 Å². The molecular weight excluding hydrogens is 704 g/mol. The molecule has 0 aliphatic carbocycles. The predicted molar refractivity (Wildman–Crippen MR) is 220 cm³/mol. The van der Waals surface area contributed by atoms with Gasteiger partial charge in [-0.25, -0.2) is 0 Å². The normalized spacial score (nSPS) is 9.90. The molecule has 2 N–H and O–H groups in total. The summed E-state index contributed by atoms with van der Waals surface area (Å²) in [7, 11) is 0. The number of phenolic OH excluding ortho intramolecular Hbond substituents is 2. The van der Waals surface area contributed by atoms with Crippen molar-refractivity contribution >= 4 is 28.4 Å². The number of aromatic hydroxyl groups is 2. The van der Waals surface area contributed by atoms with E-state index in [1.165, 1.54) is 67.1 Å². The zero-order valence-electron chi connectivity index (χ0n) is 32.7. The quantitative estimate of drug-likeness (QED) is 0.139. The molecular formula is C46H60O2SiZr-4. The van der Waals surface area contributed by atoms with Gasteiger partial charge < -0.3 is 25.1 Å². The number of rotatable bonds is 4. The fraction of sp³-hybridized carbons (Fsp3) is 0.304. The van der Waals surface area contributed by atoms with Crippen molar-refractivity contribution in [3.8, 4) is 11.5 Å². The molecule has 0 fully saturated rings. The molecule has 4 heteroatoms. The monoisotopic (exact) mass is 762 g/mol. The Hall–Kier alpha value is -3.20. The summed E-state index contributed by atoms with van der Waals surface area (Å²) in [5.74, 6) is 2.06. The van der Waals surface area contributed by atoms with Crippen LogP contribution in [0, 0.1) is 42.5 Å². The van der Waals surface area contributed by atoms with Crippen LogP contribution in [-0.4, -0.2) is 17.1 Å². The van der Waals surface area contributed by atoms with Gasteiger partial charge in [0.2, 0.25) is 0 Å². The fourth-order valence-electron chi connectivity index (χ4n) is 5.67. The maximum absolute atomic E-state index is 9.21. The molecule has 0 saturated heterocycles. The van der Waals surface area contributed by atoms with Crippen LogP contribution in [0.5, 0.6) is 11.5 Å². The average molecular weight is 764 g/mol. The van der Waals surface area contributed by atoms with Crippen LogP contribution >= 0.6 is 0 Å². The van der Waals surface area contributed by atoms with Crippen molar-refractivity contribution in [2.45, 2.75) is 93.9 Å². The summed E-state index contributed by atoms with van der Waals surface area (Å²) >= 11 is 1.36. The molecule has 0 amide bonds. The first-order chi connectivity index (χ1) is 22.9. The number of phenols is 2. The van der Waals surface area contributed by atoms with Gasteiger partial charge in [-0.05, 0) is 74.6 Å². The van der Waals surface area contributed by atoms with E-state index < -0.39 is 0 Å². The molecule has 268 valence electrons. The van der Waals surface area contributed by atoms with E-state index in [0.29, 0.717) is 23.3 Å². The van der Waals surface area contributed by atoms with E-state index in [9.17, 15) is 10.2 Å². The summed E-state index contributed by atoms with van der Waals surface area (Å²) in [6.07, 6.45) is 2.26. The van der Waals surface area contributed by atoms with Crippen molar-refractivity contribution in [2.24, 2.45) is 0 Å². The number of benzene rings is 4. The van der Waals surface area contributed by atoms with Crippen molar-refractivity contribution < 1.29 is 33.5 Å². The number of aryl methyl sites for hydroxylation is 6. The van der Waals surface area contributed by atoms with Crippen molar-refractivity contribution in [3.63, 3.8) is 0 Å². The first kappa shape index (κ1) is 46.8. The molecule has 0 bridgehead atoms.